The van der Waals surface area contributed by atoms with Crippen molar-refractivity contribution in [3.8, 4) is 0 Å². The average Bonchev–Trinajstić information content (AvgIpc) is 2.29. The second-order valence-corrected chi connectivity index (χ2v) is 5.36. The fraction of sp³-hybridized carbons (Fsp3) is 0.500. The van der Waals surface area contributed by atoms with Gasteiger partial charge in [0.1, 0.15) is 0 Å². The summed E-state index contributed by atoms with van der Waals surface area (Å²) >= 11 is 9.57. The predicted octanol–water partition coefficient (Wildman–Crippen LogP) is 3.56. The lowest BCUT2D eigenvalue weighted by molar-refractivity contribution is -0.0456. The van der Waals surface area contributed by atoms with Crippen LogP contribution >= 0.6 is 27.5 Å². The highest BCUT2D eigenvalue weighted by Gasteiger charge is 2.28. The Hall–Kier alpha value is -0.0900. The fourth-order valence-corrected chi connectivity index (χ4v) is 2.89. The molecule has 0 bridgehead atoms. The van der Waals surface area contributed by atoms with Crippen LogP contribution in [0, 0.1) is 5.92 Å². The Morgan fingerprint density at radius 2 is 2.31 bits per heavy atom. The largest absolute Gasteiger partial charge is 0.396 e. The molecule has 1 aliphatic rings. The number of aliphatic hydroxyl groups is 1. The van der Waals surface area contributed by atoms with E-state index in [9.17, 15) is 5.11 Å². The summed E-state index contributed by atoms with van der Waals surface area (Å²) < 4.78 is 6.68. The van der Waals surface area contributed by atoms with Gasteiger partial charge in [0, 0.05) is 28.6 Å². The van der Waals surface area contributed by atoms with Crippen LogP contribution < -0.4 is 0 Å². The Morgan fingerprint density at radius 1 is 1.50 bits per heavy atom. The van der Waals surface area contributed by atoms with Crippen molar-refractivity contribution >= 4 is 27.5 Å². The maximum Gasteiger partial charge on any atom is 0.0889 e. The van der Waals surface area contributed by atoms with Crippen molar-refractivity contribution in [3.05, 3.63) is 33.3 Å². The van der Waals surface area contributed by atoms with E-state index in [1.165, 1.54) is 0 Å². The van der Waals surface area contributed by atoms with Gasteiger partial charge in [0.05, 0.1) is 6.10 Å². The zero-order valence-electron chi connectivity index (χ0n) is 8.83. The molecule has 2 atom stereocenters. The van der Waals surface area contributed by atoms with E-state index in [0.717, 1.165) is 29.5 Å². The third-order valence-corrected chi connectivity index (χ3v) is 3.77. The van der Waals surface area contributed by atoms with Gasteiger partial charge in [-0.05, 0) is 30.5 Å². The first-order valence-electron chi connectivity index (χ1n) is 5.40. The lowest BCUT2D eigenvalue weighted by atomic mass is 9.90. The van der Waals surface area contributed by atoms with Crippen LogP contribution in [0.15, 0.2) is 22.7 Å². The molecule has 1 heterocycles. The molecule has 1 fully saturated rings. The van der Waals surface area contributed by atoms with Crippen molar-refractivity contribution in [1.82, 2.24) is 0 Å². The van der Waals surface area contributed by atoms with Gasteiger partial charge in [-0.25, -0.2) is 0 Å². The number of rotatable bonds is 2. The Bertz CT molecular complexity index is 370. The standard InChI is InChI=1S/C12H14BrClO2/c13-9-3-4-10(11(14)6-9)12-8(7-15)2-1-5-16-12/h3-4,6,8,12,15H,1-2,5,7H2. The molecule has 4 heteroatoms. The van der Waals surface area contributed by atoms with E-state index in [2.05, 4.69) is 15.9 Å². The summed E-state index contributed by atoms with van der Waals surface area (Å²) in [6, 6.07) is 5.78. The summed E-state index contributed by atoms with van der Waals surface area (Å²) in [5, 5.41) is 10.0. The zero-order chi connectivity index (χ0) is 11.5. The van der Waals surface area contributed by atoms with Crippen LogP contribution in [0.1, 0.15) is 24.5 Å². The van der Waals surface area contributed by atoms with E-state index in [1.54, 1.807) is 0 Å². The van der Waals surface area contributed by atoms with Gasteiger partial charge in [-0.15, -0.1) is 0 Å². The van der Waals surface area contributed by atoms with Gasteiger partial charge in [0.15, 0.2) is 0 Å². The molecule has 0 amide bonds. The molecular formula is C12H14BrClO2. The number of hydrogen-bond donors (Lipinski definition) is 1. The van der Waals surface area contributed by atoms with E-state index in [4.69, 9.17) is 16.3 Å². The SMILES string of the molecule is OCC1CCCOC1c1ccc(Br)cc1Cl. The maximum atomic E-state index is 9.34. The smallest absolute Gasteiger partial charge is 0.0889 e. The van der Waals surface area contributed by atoms with Gasteiger partial charge < -0.3 is 9.84 Å². The second-order valence-electron chi connectivity index (χ2n) is 4.04. The molecule has 0 aliphatic carbocycles. The third-order valence-electron chi connectivity index (χ3n) is 2.95. The van der Waals surface area contributed by atoms with Crippen molar-refractivity contribution in [2.75, 3.05) is 13.2 Å². The molecule has 0 radical (unpaired) electrons. The number of benzene rings is 1. The molecule has 2 unspecified atom stereocenters. The lowest BCUT2D eigenvalue weighted by Crippen LogP contribution is -2.25. The molecular weight excluding hydrogens is 291 g/mol. The third kappa shape index (κ3) is 2.59. The minimum atomic E-state index is -0.0700. The van der Waals surface area contributed by atoms with Crippen molar-refractivity contribution in [1.29, 1.82) is 0 Å². The summed E-state index contributed by atoms with van der Waals surface area (Å²) in [5.41, 5.74) is 0.976. The van der Waals surface area contributed by atoms with Gasteiger partial charge in [0.25, 0.3) is 0 Å². The Morgan fingerprint density at radius 3 is 3.00 bits per heavy atom. The van der Waals surface area contributed by atoms with Gasteiger partial charge >= 0.3 is 0 Å². The highest BCUT2D eigenvalue weighted by Crippen LogP contribution is 2.37. The number of aliphatic hydroxyl groups excluding tert-OH is 1. The molecule has 0 spiro atoms. The van der Waals surface area contributed by atoms with E-state index >= 15 is 0 Å². The number of halogens is 2. The van der Waals surface area contributed by atoms with Gasteiger partial charge in [-0.1, -0.05) is 33.6 Å². The first kappa shape index (κ1) is 12.4. The molecule has 88 valence electrons. The quantitative estimate of drug-likeness (QED) is 0.905. The molecule has 0 aromatic heterocycles. The molecule has 0 saturated carbocycles. The van der Waals surface area contributed by atoms with Crippen LogP contribution in [-0.4, -0.2) is 18.3 Å². The van der Waals surface area contributed by atoms with E-state index < -0.39 is 0 Å². The average molecular weight is 306 g/mol. The van der Waals surface area contributed by atoms with Crippen LogP contribution in [0.4, 0.5) is 0 Å². The second kappa shape index (κ2) is 5.50. The van der Waals surface area contributed by atoms with Crippen LogP contribution in [0.3, 0.4) is 0 Å². The van der Waals surface area contributed by atoms with Crippen LogP contribution in [0.2, 0.25) is 5.02 Å². The fourth-order valence-electron chi connectivity index (χ4n) is 2.11. The summed E-state index contributed by atoms with van der Waals surface area (Å²) in [6.45, 7) is 0.893. The first-order chi connectivity index (χ1) is 7.72. The molecule has 1 N–H and O–H groups in total. The molecule has 2 rings (SSSR count). The topological polar surface area (TPSA) is 29.5 Å². The molecule has 2 nitrogen and oxygen atoms in total. The maximum absolute atomic E-state index is 9.34. The highest BCUT2D eigenvalue weighted by atomic mass is 79.9. The summed E-state index contributed by atoms with van der Waals surface area (Å²) in [7, 11) is 0. The minimum Gasteiger partial charge on any atom is -0.396 e. The van der Waals surface area contributed by atoms with Crippen molar-refractivity contribution in [2.24, 2.45) is 5.92 Å². The van der Waals surface area contributed by atoms with Crippen molar-refractivity contribution in [3.63, 3.8) is 0 Å². The first-order valence-corrected chi connectivity index (χ1v) is 6.57. The van der Waals surface area contributed by atoms with E-state index in [1.807, 2.05) is 18.2 Å². The Balaban J connectivity index is 2.27. The monoisotopic (exact) mass is 304 g/mol. The lowest BCUT2D eigenvalue weighted by Gasteiger charge is -2.31. The van der Waals surface area contributed by atoms with Crippen molar-refractivity contribution in [2.45, 2.75) is 18.9 Å². The zero-order valence-corrected chi connectivity index (χ0v) is 11.2. The molecule has 1 aromatic rings. The van der Waals surface area contributed by atoms with Crippen LogP contribution in [-0.2, 0) is 4.74 Å². The molecule has 1 aliphatic heterocycles. The summed E-state index contributed by atoms with van der Waals surface area (Å²) in [4.78, 5) is 0. The number of ether oxygens (including phenoxy) is 1. The van der Waals surface area contributed by atoms with Gasteiger partial charge in [-0.2, -0.15) is 0 Å². The van der Waals surface area contributed by atoms with E-state index in [0.29, 0.717) is 5.02 Å². The van der Waals surface area contributed by atoms with E-state index in [-0.39, 0.29) is 18.6 Å². The molecule has 1 aromatic carbocycles. The molecule has 1 saturated heterocycles. The Labute approximate surface area is 109 Å². The van der Waals surface area contributed by atoms with Crippen LogP contribution in [0.25, 0.3) is 0 Å². The van der Waals surface area contributed by atoms with Crippen LogP contribution in [0.5, 0.6) is 0 Å². The summed E-state index contributed by atoms with van der Waals surface area (Å²) in [5.74, 6) is 0.160. The normalized spacial score (nSPS) is 25.7. The Kier molecular flexibility index (Phi) is 4.25. The van der Waals surface area contributed by atoms with Gasteiger partial charge in [-0.3, -0.25) is 0 Å². The minimum absolute atomic E-state index is 0.0700. The molecule has 16 heavy (non-hydrogen) atoms. The highest BCUT2D eigenvalue weighted by molar-refractivity contribution is 9.10. The predicted molar refractivity (Wildman–Crippen MR) is 67.7 cm³/mol. The van der Waals surface area contributed by atoms with Gasteiger partial charge in [0.2, 0.25) is 0 Å². The number of hydrogen-bond acceptors (Lipinski definition) is 2. The summed E-state index contributed by atoms with van der Waals surface area (Å²) in [6.07, 6.45) is 1.93. The van der Waals surface area contributed by atoms with Crippen molar-refractivity contribution < 1.29 is 9.84 Å².